The lowest BCUT2D eigenvalue weighted by Gasteiger charge is -2.35. The van der Waals surface area contributed by atoms with Crippen molar-refractivity contribution in [1.82, 2.24) is 45.7 Å². The number of nitrogens with zero attached hydrogens (tertiary/aromatic N) is 5. The lowest BCUT2D eigenvalue weighted by Crippen LogP contribution is -2.56. The summed E-state index contributed by atoms with van der Waals surface area (Å²) in [6.45, 7) is 5.13. The first-order valence-electron chi connectivity index (χ1n) is 21.1. The maximum absolute atomic E-state index is 13.8. The van der Waals surface area contributed by atoms with E-state index >= 15 is 0 Å². The number of amides is 5. The number of H-pyrrole nitrogens is 2. The number of hydrogen-bond acceptors (Lipinski definition) is 9. The molecule has 4 N–H and O–H groups in total. The fourth-order valence-electron chi connectivity index (χ4n) is 8.86. The number of aromatic nitrogens is 4. The maximum Gasteiger partial charge on any atom is 0.425 e. The van der Waals surface area contributed by atoms with E-state index in [4.69, 9.17) is 24.2 Å². The second-order valence-corrected chi connectivity index (χ2v) is 16.2. The van der Waals surface area contributed by atoms with Crippen LogP contribution in [0.15, 0.2) is 73.1 Å². The summed E-state index contributed by atoms with van der Waals surface area (Å²) in [4.78, 5) is 69.9. The second kappa shape index (κ2) is 18.1. The molecule has 3 fully saturated rings. The molecule has 1 saturated carbocycles. The van der Waals surface area contributed by atoms with Crippen LogP contribution in [0.5, 0.6) is 0 Å². The number of likely N-dealkylation sites (tertiary alicyclic amines) is 1. The summed E-state index contributed by atoms with van der Waals surface area (Å²) in [7, 11) is 2.55. The Balaban J connectivity index is 0.941. The molecule has 5 aromatic rings. The van der Waals surface area contributed by atoms with Gasteiger partial charge in [-0.3, -0.25) is 4.79 Å². The number of ether oxygens (including phenoxy) is 3. The van der Waals surface area contributed by atoms with E-state index in [-0.39, 0.29) is 41.9 Å². The van der Waals surface area contributed by atoms with Crippen LogP contribution < -0.4 is 10.9 Å². The van der Waals surface area contributed by atoms with Gasteiger partial charge >= 0.3 is 18.2 Å². The Morgan fingerprint density at radius 1 is 0.754 bits per heavy atom. The third-order valence-electron chi connectivity index (χ3n) is 12.1. The average molecular weight is 832 g/mol. The number of benzene rings is 3. The number of methoxy groups -OCH3 is 2. The first kappa shape index (κ1) is 41.3. The summed E-state index contributed by atoms with van der Waals surface area (Å²) < 4.78 is 15.1. The molecule has 2 aliphatic heterocycles. The molecule has 2 saturated heterocycles. The molecule has 320 valence electrons. The first-order valence-corrected chi connectivity index (χ1v) is 21.1. The van der Waals surface area contributed by atoms with Gasteiger partial charge in [0.1, 0.15) is 11.6 Å². The van der Waals surface area contributed by atoms with Crippen LogP contribution in [0.25, 0.3) is 44.4 Å². The van der Waals surface area contributed by atoms with Crippen molar-refractivity contribution in [3.8, 4) is 33.6 Å². The zero-order valence-electron chi connectivity index (χ0n) is 35.0. The maximum atomic E-state index is 13.8. The Morgan fingerprint density at radius 2 is 1.38 bits per heavy atom. The van der Waals surface area contributed by atoms with Gasteiger partial charge in [-0.25, -0.2) is 45.2 Å². The van der Waals surface area contributed by atoms with Crippen molar-refractivity contribution in [2.45, 2.75) is 82.8 Å². The van der Waals surface area contributed by atoms with Crippen molar-refractivity contribution in [2.75, 3.05) is 34.0 Å². The van der Waals surface area contributed by atoms with Gasteiger partial charge < -0.3 is 29.1 Å². The molecule has 4 atom stereocenters. The average Bonchev–Trinajstić information content (AvgIpc) is 4.15. The van der Waals surface area contributed by atoms with Crippen molar-refractivity contribution >= 4 is 34.9 Å². The largest absolute Gasteiger partial charge is 0.452 e. The standard InChI is InChI=1S/C45H53N9O7/c1-27(2)53(50-43(56)59-3)42(55)36-9-6-5-8-35(36)40-46-25-38(48-40)33-18-17-31-22-30(15-16-32(31)23-33)28-11-13-29(14-12-28)37-24-47-41(49-37)39-10-7-20-52(39)45(58)54(51-44(57)60-4)34-19-21-61-26-34/h11-18,22-25,27,34-36,39H,5-10,19-21,26H2,1-4H3,(H,46,48)(H,47,49)(H,50,56)(H,51,57)/t34?,35?,36?,39-/m0/s1. The SMILES string of the molecule is COC(=O)NN(C(=O)C1CCCCC1c1ncc(-c2ccc3cc(-c4ccc(-c5cnc([C@@H]6CCCN6C(=O)N(NC(=O)OC)C6CCOC6)[nH]5)cc4)ccc3c2)[nH]1)C(C)C. The highest BCUT2D eigenvalue weighted by atomic mass is 16.5. The molecule has 1 aliphatic carbocycles. The highest BCUT2D eigenvalue weighted by molar-refractivity contribution is 5.91. The third-order valence-corrected chi connectivity index (χ3v) is 12.1. The van der Waals surface area contributed by atoms with Crippen LogP contribution in [-0.2, 0) is 19.0 Å². The third kappa shape index (κ3) is 8.76. The topological polar surface area (TPSA) is 187 Å². The lowest BCUT2D eigenvalue weighted by molar-refractivity contribution is -0.142. The highest BCUT2D eigenvalue weighted by Gasteiger charge is 2.40. The van der Waals surface area contributed by atoms with E-state index in [1.807, 2.05) is 20.0 Å². The Morgan fingerprint density at radius 3 is 2.08 bits per heavy atom. The number of carbonyl (C=O) groups is 4. The van der Waals surface area contributed by atoms with Crippen LogP contribution in [0.3, 0.4) is 0 Å². The number of hydrazine groups is 2. The molecule has 8 rings (SSSR count). The van der Waals surface area contributed by atoms with Crippen LogP contribution in [0.2, 0.25) is 0 Å². The second-order valence-electron chi connectivity index (χ2n) is 16.2. The van der Waals surface area contributed by atoms with Crippen LogP contribution >= 0.6 is 0 Å². The van der Waals surface area contributed by atoms with E-state index < -0.39 is 12.2 Å². The first-order chi connectivity index (χ1) is 29.6. The minimum absolute atomic E-state index is 0.0966. The fraction of sp³-hybridized carbons (Fsp3) is 0.422. The quantitative estimate of drug-likeness (QED) is 0.114. The predicted octanol–water partition coefficient (Wildman–Crippen LogP) is 7.69. The Labute approximate surface area is 354 Å². The van der Waals surface area contributed by atoms with Gasteiger partial charge in [-0.1, -0.05) is 61.4 Å². The zero-order chi connectivity index (χ0) is 42.6. The summed E-state index contributed by atoms with van der Waals surface area (Å²) in [6.07, 6.45) is 7.93. The fourth-order valence-corrected chi connectivity index (χ4v) is 8.86. The van der Waals surface area contributed by atoms with E-state index in [2.05, 4.69) is 81.5 Å². The summed E-state index contributed by atoms with van der Waals surface area (Å²) in [5.41, 5.74) is 11.1. The summed E-state index contributed by atoms with van der Waals surface area (Å²) >= 11 is 0. The Hall–Kier alpha value is -6.42. The van der Waals surface area contributed by atoms with Crippen molar-refractivity contribution < 1.29 is 33.4 Å². The predicted molar refractivity (Wildman–Crippen MR) is 227 cm³/mol. The van der Waals surface area contributed by atoms with Crippen LogP contribution in [0.1, 0.15) is 82.4 Å². The number of carbonyl (C=O) groups excluding carboxylic acids is 4. The summed E-state index contributed by atoms with van der Waals surface area (Å²) in [5, 5.41) is 4.92. The number of fused-ring (bicyclic) bond motifs is 1. The molecular weight excluding hydrogens is 779 g/mol. The Bertz CT molecular complexity index is 2370. The number of imidazole rings is 2. The monoisotopic (exact) mass is 831 g/mol. The number of hydrogen-bond donors (Lipinski definition) is 4. The van der Waals surface area contributed by atoms with Gasteiger partial charge in [-0.15, -0.1) is 0 Å². The molecule has 3 aliphatic rings. The van der Waals surface area contributed by atoms with Gasteiger partial charge in [-0.05, 0) is 85.5 Å². The molecule has 0 spiro atoms. The van der Waals surface area contributed by atoms with Crippen LogP contribution in [-0.4, -0.2) is 105 Å². The molecule has 5 amide bonds. The van der Waals surface area contributed by atoms with Crippen LogP contribution in [0, 0.1) is 5.92 Å². The van der Waals surface area contributed by atoms with Gasteiger partial charge in [-0.2, -0.15) is 0 Å². The van der Waals surface area contributed by atoms with Gasteiger partial charge in [0.2, 0.25) is 5.91 Å². The van der Waals surface area contributed by atoms with E-state index in [0.717, 1.165) is 88.8 Å². The molecule has 0 bridgehead atoms. The van der Waals surface area contributed by atoms with E-state index in [9.17, 15) is 19.2 Å². The molecular formula is C45H53N9O7. The summed E-state index contributed by atoms with van der Waals surface area (Å²) in [6, 6.07) is 20.0. The number of urea groups is 1. The minimum atomic E-state index is -0.703. The van der Waals surface area contributed by atoms with Gasteiger partial charge in [0, 0.05) is 36.6 Å². The molecule has 16 heteroatoms. The van der Waals surface area contributed by atoms with Crippen molar-refractivity contribution in [3.63, 3.8) is 0 Å². The molecule has 3 unspecified atom stereocenters. The van der Waals surface area contributed by atoms with Crippen molar-refractivity contribution in [2.24, 2.45) is 5.92 Å². The molecule has 3 aromatic carbocycles. The van der Waals surface area contributed by atoms with E-state index in [1.165, 1.54) is 24.2 Å². The normalized spacial score (nSPS) is 20.1. The lowest BCUT2D eigenvalue weighted by atomic mass is 9.78. The molecule has 16 nitrogen and oxygen atoms in total. The van der Waals surface area contributed by atoms with Crippen LogP contribution in [0.4, 0.5) is 14.4 Å². The van der Waals surface area contributed by atoms with E-state index in [1.54, 1.807) is 11.1 Å². The van der Waals surface area contributed by atoms with Gasteiger partial charge in [0.25, 0.3) is 0 Å². The van der Waals surface area contributed by atoms with Crippen molar-refractivity contribution in [3.05, 3.63) is 84.7 Å². The molecule has 2 aromatic heterocycles. The number of nitrogens with one attached hydrogen (secondary N) is 4. The zero-order valence-corrected chi connectivity index (χ0v) is 35.0. The minimum Gasteiger partial charge on any atom is -0.452 e. The molecule has 61 heavy (non-hydrogen) atoms. The van der Waals surface area contributed by atoms with E-state index in [0.29, 0.717) is 32.0 Å². The Kier molecular flexibility index (Phi) is 12.2. The molecule has 0 radical (unpaired) electrons. The smallest absolute Gasteiger partial charge is 0.425 e. The highest BCUT2D eigenvalue weighted by Crippen LogP contribution is 2.39. The molecule has 4 heterocycles. The number of rotatable bonds is 8. The van der Waals surface area contributed by atoms with Gasteiger partial charge in [0.05, 0.1) is 56.7 Å². The number of aromatic amines is 2. The van der Waals surface area contributed by atoms with Crippen molar-refractivity contribution in [1.29, 1.82) is 0 Å². The summed E-state index contributed by atoms with van der Waals surface area (Å²) in [5.74, 6) is 0.929. The van der Waals surface area contributed by atoms with Gasteiger partial charge in [0.15, 0.2) is 0 Å².